The number of hydrogen-bond acceptors (Lipinski definition) is 1. The van der Waals surface area contributed by atoms with Crippen LogP contribution in [-0.2, 0) is 4.79 Å². The van der Waals surface area contributed by atoms with Crippen LogP contribution in [0.5, 0.6) is 0 Å². The van der Waals surface area contributed by atoms with Gasteiger partial charge in [-0.2, -0.15) is 0 Å². The van der Waals surface area contributed by atoms with Gasteiger partial charge in [0.25, 0.3) is 0 Å². The van der Waals surface area contributed by atoms with E-state index in [-0.39, 0.29) is 5.92 Å². The highest BCUT2D eigenvalue weighted by Gasteiger charge is 2.07. The molecule has 0 heterocycles. The maximum absolute atomic E-state index is 10.1. The molecule has 0 aliphatic rings. The molecule has 1 atom stereocenters. The van der Waals surface area contributed by atoms with Crippen molar-refractivity contribution in [3.8, 4) is 0 Å². The first kappa shape index (κ1) is 13.4. The van der Waals surface area contributed by atoms with Gasteiger partial charge in [0.1, 0.15) is 0 Å². The van der Waals surface area contributed by atoms with Crippen LogP contribution < -0.4 is 0 Å². The summed E-state index contributed by atoms with van der Waals surface area (Å²) < 4.78 is 0. The van der Waals surface area contributed by atoms with Crippen LogP contribution in [0.1, 0.15) is 18.9 Å². The van der Waals surface area contributed by atoms with Crippen molar-refractivity contribution < 1.29 is 9.90 Å². The second kappa shape index (κ2) is 7.80. The van der Waals surface area contributed by atoms with Gasteiger partial charge in [-0.25, -0.2) is 0 Å². The highest BCUT2D eigenvalue weighted by atomic mass is 16.4. The largest absolute Gasteiger partial charge is 0.481 e. The van der Waals surface area contributed by atoms with Crippen molar-refractivity contribution in [3.05, 3.63) is 48.6 Å². The Balaban J connectivity index is 0.000000262. The molecule has 1 unspecified atom stereocenters. The summed E-state index contributed by atoms with van der Waals surface area (Å²) in [6, 6.07) is 10.3. The number of benzene rings is 1. The first-order valence-corrected chi connectivity index (χ1v) is 4.98. The van der Waals surface area contributed by atoms with Gasteiger partial charge in [0.05, 0.1) is 5.92 Å². The molecule has 0 aliphatic carbocycles. The molecule has 2 nitrogen and oxygen atoms in total. The average molecular weight is 206 g/mol. The van der Waals surface area contributed by atoms with Crippen molar-refractivity contribution in [1.82, 2.24) is 0 Å². The summed E-state index contributed by atoms with van der Waals surface area (Å²) in [4.78, 5) is 10.1. The molecule has 0 spiro atoms. The van der Waals surface area contributed by atoms with Gasteiger partial charge in [0.15, 0.2) is 0 Å². The number of aliphatic carboxylic acids is 1. The minimum absolute atomic E-state index is 0.366. The second-order valence-electron chi connectivity index (χ2n) is 3.24. The van der Waals surface area contributed by atoms with Crippen LogP contribution in [0.25, 0.3) is 0 Å². The van der Waals surface area contributed by atoms with E-state index in [0.29, 0.717) is 6.42 Å². The molecule has 1 N–H and O–H groups in total. The van der Waals surface area contributed by atoms with Crippen LogP contribution in [0.4, 0.5) is 0 Å². The monoisotopic (exact) mass is 206 g/mol. The van der Waals surface area contributed by atoms with Gasteiger partial charge in [-0.3, -0.25) is 4.79 Å². The van der Waals surface area contributed by atoms with Gasteiger partial charge in [-0.15, -0.1) is 6.58 Å². The minimum atomic E-state index is -0.789. The van der Waals surface area contributed by atoms with Crippen molar-refractivity contribution in [2.24, 2.45) is 5.92 Å². The lowest BCUT2D eigenvalue weighted by molar-refractivity contribution is -0.140. The zero-order chi connectivity index (χ0) is 11.7. The molecule has 0 aliphatic heterocycles. The summed E-state index contributed by atoms with van der Waals surface area (Å²) in [6.45, 7) is 7.28. The molecule has 0 bridgehead atoms. The molecule has 0 fully saturated rings. The summed E-state index contributed by atoms with van der Waals surface area (Å²) in [5, 5.41) is 8.30. The van der Waals surface area contributed by atoms with Crippen molar-refractivity contribution >= 4 is 5.97 Å². The van der Waals surface area contributed by atoms with E-state index in [0.717, 1.165) is 0 Å². The molecule has 1 aromatic rings. The molecule has 0 radical (unpaired) electrons. The Kier molecular flexibility index (Phi) is 6.98. The van der Waals surface area contributed by atoms with E-state index in [1.165, 1.54) is 11.6 Å². The lowest BCUT2D eigenvalue weighted by atomic mass is 10.1. The van der Waals surface area contributed by atoms with E-state index in [2.05, 4.69) is 25.6 Å². The fourth-order valence-electron chi connectivity index (χ4n) is 0.976. The topological polar surface area (TPSA) is 37.3 Å². The fraction of sp³-hybridized carbons (Fsp3) is 0.308. The SMILES string of the molecule is C=CC(CC)C(=O)O.Cc1ccccc1. The van der Waals surface area contributed by atoms with Gasteiger partial charge in [0.2, 0.25) is 0 Å². The zero-order valence-corrected chi connectivity index (χ0v) is 9.31. The molecular weight excluding hydrogens is 188 g/mol. The van der Waals surface area contributed by atoms with E-state index in [1.54, 1.807) is 0 Å². The van der Waals surface area contributed by atoms with Gasteiger partial charge >= 0.3 is 5.97 Å². The summed E-state index contributed by atoms with van der Waals surface area (Å²) in [6.07, 6.45) is 2.07. The predicted molar refractivity (Wildman–Crippen MR) is 62.8 cm³/mol. The maximum atomic E-state index is 10.1. The van der Waals surface area contributed by atoms with Crippen molar-refractivity contribution in [2.75, 3.05) is 0 Å². The molecule has 15 heavy (non-hydrogen) atoms. The number of rotatable bonds is 3. The predicted octanol–water partition coefficient (Wildman–Crippen LogP) is 3.28. The Bertz CT molecular complexity index is 291. The fourth-order valence-corrected chi connectivity index (χ4v) is 0.976. The zero-order valence-electron chi connectivity index (χ0n) is 9.31. The van der Waals surface area contributed by atoms with E-state index in [4.69, 9.17) is 5.11 Å². The van der Waals surface area contributed by atoms with Crippen LogP contribution in [0.2, 0.25) is 0 Å². The first-order valence-electron chi connectivity index (χ1n) is 4.98. The molecular formula is C13H18O2. The van der Waals surface area contributed by atoms with Crippen LogP contribution in [0.3, 0.4) is 0 Å². The summed E-state index contributed by atoms with van der Waals surface area (Å²) in [5.74, 6) is -1.16. The number of hydrogen-bond donors (Lipinski definition) is 1. The Labute approximate surface area is 91.3 Å². The normalized spacial score (nSPS) is 10.8. The number of carboxylic acid groups (broad SMARTS) is 1. The van der Waals surface area contributed by atoms with Crippen LogP contribution >= 0.6 is 0 Å². The Morgan fingerprint density at radius 2 is 2.00 bits per heavy atom. The lowest BCUT2D eigenvalue weighted by Crippen LogP contribution is -2.08. The summed E-state index contributed by atoms with van der Waals surface area (Å²) in [5.41, 5.74) is 1.32. The number of aryl methyl sites for hydroxylation is 1. The third-order valence-corrected chi connectivity index (χ3v) is 1.98. The highest BCUT2D eigenvalue weighted by molar-refractivity contribution is 5.71. The first-order chi connectivity index (χ1) is 7.11. The van der Waals surface area contributed by atoms with Crippen molar-refractivity contribution in [3.63, 3.8) is 0 Å². The lowest BCUT2D eigenvalue weighted by Gasteiger charge is -1.98. The van der Waals surface area contributed by atoms with Crippen molar-refractivity contribution in [2.45, 2.75) is 20.3 Å². The Morgan fingerprint density at radius 1 is 1.47 bits per heavy atom. The van der Waals surface area contributed by atoms with Crippen LogP contribution in [0.15, 0.2) is 43.0 Å². The smallest absolute Gasteiger partial charge is 0.310 e. The van der Waals surface area contributed by atoms with E-state index >= 15 is 0 Å². The standard InChI is InChI=1S/C7H8.C6H10O2/c1-7-5-3-2-4-6-7;1-3-5(4-2)6(7)8/h2-6H,1H3;3,5H,1,4H2,2H3,(H,7,8). The van der Waals surface area contributed by atoms with Gasteiger partial charge in [-0.1, -0.05) is 48.9 Å². The van der Waals surface area contributed by atoms with Gasteiger partial charge < -0.3 is 5.11 Å². The van der Waals surface area contributed by atoms with Crippen LogP contribution in [-0.4, -0.2) is 11.1 Å². The Morgan fingerprint density at radius 3 is 2.13 bits per heavy atom. The van der Waals surface area contributed by atoms with E-state index in [1.807, 2.05) is 25.1 Å². The van der Waals surface area contributed by atoms with Gasteiger partial charge in [-0.05, 0) is 13.3 Å². The molecule has 1 rings (SSSR count). The molecule has 0 saturated carbocycles. The number of carboxylic acids is 1. The maximum Gasteiger partial charge on any atom is 0.310 e. The summed E-state index contributed by atoms with van der Waals surface area (Å²) in [7, 11) is 0. The van der Waals surface area contributed by atoms with Crippen molar-refractivity contribution in [1.29, 1.82) is 0 Å². The van der Waals surface area contributed by atoms with E-state index in [9.17, 15) is 4.79 Å². The molecule has 0 aromatic heterocycles. The third-order valence-electron chi connectivity index (χ3n) is 1.98. The summed E-state index contributed by atoms with van der Waals surface area (Å²) >= 11 is 0. The van der Waals surface area contributed by atoms with Gasteiger partial charge in [0, 0.05) is 0 Å². The number of carbonyl (C=O) groups is 1. The van der Waals surface area contributed by atoms with E-state index < -0.39 is 5.97 Å². The highest BCUT2D eigenvalue weighted by Crippen LogP contribution is 2.01. The quantitative estimate of drug-likeness (QED) is 0.770. The second-order valence-corrected chi connectivity index (χ2v) is 3.24. The molecule has 1 aromatic carbocycles. The molecule has 0 amide bonds. The third kappa shape index (κ3) is 6.49. The molecule has 82 valence electrons. The average Bonchev–Trinajstić information content (AvgIpc) is 2.21. The minimum Gasteiger partial charge on any atom is -0.481 e. The molecule has 2 heteroatoms. The Hall–Kier alpha value is -1.57. The molecule has 0 saturated heterocycles. The van der Waals surface area contributed by atoms with Crippen LogP contribution in [0, 0.1) is 12.8 Å².